The lowest BCUT2D eigenvalue weighted by molar-refractivity contribution is -0.887. The summed E-state index contributed by atoms with van der Waals surface area (Å²) < 4.78 is 17.2. The number of aliphatic carboxylic acids is 1. The molecule has 0 aromatic heterocycles. The number of likely N-dealkylation sites (N-methyl/N-ethyl adjacent to an activating group) is 1. The Morgan fingerprint density at radius 1 is 0.476 bits per heavy atom. The average molecular weight is 875 g/mol. The zero-order chi connectivity index (χ0) is 46.3. The molecule has 2 unspecified atom stereocenters. The Morgan fingerprint density at radius 3 is 1.29 bits per heavy atom. The molecule has 63 heavy (non-hydrogen) atoms. The number of ether oxygens (including phenoxy) is 3. The smallest absolute Gasteiger partial charge is 0.362 e. The molecule has 2 atom stereocenters. The van der Waals surface area contributed by atoms with E-state index in [0.29, 0.717) is 19.3 Å². The molecule has 0 radical (unpaired) electrons. The van der Waals surface area contributed by atoms with E-state index in [1.165, 1.54) is 12.8 Å². The van der Waals surface area contributed by atoms with Crippen LogP contribution in [0.1, 0.15) is 155 Å². The van der Waals surface area contributed by atoms with E-state index in [4.69, 9.17) is 14.2 Å². The molecule has 0 saturated carbocycles. The third-order valence-electron chi connectivity index (χ3n) is 9.86. The lowest BCUT2D eigenvalue weighted by Gasteiger charge is -2.31. The van der Waals surface area contributed by atoms with Crippen molar-refractivity contribution in [3.05, 3.63) is 122 Å². The summed E-state index contributed by atoms with van der Waals surface area (Å²) in [5.41, 5.74) is 0. The van der Waals surface area contributed by atoms with Crippen LogP contribution in [-0.4, -0.2) is 80.6 Å². The molecule has 0 aromatic carbocycles. The highest BCUT2D eigenvalue weighted by atomic mass is 16.6. The van der Waals surface area contributed by atoms with Crippen LogP contribution in [0.3, 0.4) is 0 Å². The Bertz CT molecular complexity index is 1440. The number of unbranched alkanes of at least 4 members (excludes halogenated alkanes) is 7. The van der Waals surface area contributed by atoms with Gasteiger partial charge in [0.2, 0.25) is 0 Å². The molecule has 0 aliphatic carbocycles. The first-order valence-electron chi connectivity index (χ1n) is 24.1. The van der Waals surface area contributed by atoms with Crippen molar-refractivity contribution in [2.45, 2.75) is 167 Å². The molecule has 0 bridgehead atoms. The largest absolute Gasteiger partial charge is 0.477 e. The van der Waals surface area contributed by atoms with E-state index in [2.05, 4.69) is 135 Å². The first-order valence-corrected chi connectivity index (χ1v) is 24.1. The summed E-state index contributed by atoms with van der Waals surface area (Å²) in [4.78, 5) is 37.1. The second-order valence-corrected chi connectivity index (χ2v) is 16.6. The summed E-state index contributed by atoms with van der Waals surface area (Å²) in [7, 11) is 5.49. The second-order valence-electron chi connectivity index (χ2n) is 16.6. The van der Waals surface area contributed by atoms with Crippen molar-refractivity contribution in [1.82, 2.24) is 0 Å². The lowest BCUT2D eigenvalue weighted by atomic mass is 10.1. The van der Waals surface area contributed by atoms with E-state index in [-0.39, 0.29) is 42.7 Å². The van der Waals surface area contributed by atoms with E-state index < -0.39 is 18.1 Å². The van der Waals surface area contributed by atoms with Crippen LogP contribution in [0.4, 0.5) is 0 Å². The summed E-state index contributed by atoms with van der Waals surface area (Å²) in [6.45, 7) is 4.41. The minimum Gasteiger partial charge on any atom is -0.477 e. The fourth-order valence-corrected chi connectivity index (χ4v) is 6.21. The van der Waals surface area contributed by atoms with E-state index in [1.807, 2.05) is 21.1 Å². The maximum Gasteiger partial charge on any atom is 0.362 e. The van der Waals surface area contributed by atoms with Crippen LogP contribution in [0.25, 0.3) is 0 Å². The van der Waals surface area contributed by atoms with Crippen molar-refractivity contribution in [3.8, 4) is 0 Å². The molecule has 0 heterocycles. The molecule has 8 nitrogen and oxygen atoms in total. The molecule has 0 aliphatic heterocycles. The summed E-state index contributed by atoms with van der Waals surface area (Å²) >= 11 is 0. The second kappa shape index (κ2) is 44.3. The Morgan fingerprint density at radius 2 is 0.857 bits per heavy atom. The van der Waals surface area contributed by atoms with Crippen LogP contribution in [0.15, 0.2) is 122 Å². The predicted octanol–water partition coefficient (Wildman–Crippen LogP) is 13.8. The van der Waals surface area contributed by atoms with Crippen LogP contribution in [0.2, 0.25) is 0 Å². The Kier molecular flexibility index (Phi) is 41.3. The predicted molar refractivity (Wildman–Crippen MR) is 265 cm³/mol. The molecule has 0 fully saturated rings. The standard InChI is InChI=1S/C55H87NO7/c1-6-8-10-12-14-16-18-20-22-24-26-28-30-32-34-36-38-40-42-44-46-54(58)63-51(49-61-48-47-52(55(59)60)56(3,4)5)50-62-53(57)45-43-41-39-37-35-33-31-29-27-25-23-21-19-17-15-13-11-9-7-2/h8-11,14-17,20-23,26-29,32,34,38,40,51-52H,6-7,12-13,18-19,24-25,30-31,33,35-37,39,41-50H2,1-5H3/p+1/b10-8+,11-9+,16-14+,17-15+,22-20+,23-21+,28-26+,29-27+,34-32+,40-38+. The first kappa shape index (κ1) is 58.7. The third-order valence-corrected chi connectivity index (χ3v) is 9.86. The first-order chi connectivity index (χ1) is 30.6. The molecule has 0 amide bonds. The highest BCUT2D eigenvalue weighted by Gasteiger charge is 2.31. The molecule has 0 spiro atoms. The zero-order valence-corrected chi connectivity index (χ0v) is 40.2. The number of allylic oxidation sites excluding steroid dienone is 20. The van der Waals surface area contributed by atoms with Crippen molar-refractivity contribution in [2.75, 3.05) is 41.0 Å². The molecule has 0 rings (SSSR count). The number of rotatable bonds is 41. The Balaban J connectivity index is 4.45. The summed E-state index contributed by atoms with van der Waals surface area (Å²) in [6, 6.07) is -0.636. The quantitative estimate of drug-likeness (QED) is 0.0283. The van der Waals surface area contributed by atoms with Gasteiger partial charge in [0.15, 0.2) is 12.1 Å². The van der Waals surface area contributed by atoms with Gasteiger partial charge in [0, 0.05) is 19.3 Å². The zero-order valence-electron chi connectivity index (χ0n) is 40.2. The van der Waals surface area contributed by atoms with Crippen LogP contribution < -0.4 is 0 Å². The van der Waals surface area contributed by atoms with Crippen molar-refractivity contribution in [1.29, 1.82) is 0 Å². The van der Waals surface area contributed by atoms with E-state index in [0.717, 1.165) is 103 Å². The highest BCUT2D eigenvalue weighted by molar-refractivity contribution is 5.72. The maximum absolute atomic E-state index is 12.8. The molecular formula is C55H88NO7+. The Hall–Kier alpha value is -4.27. The van der Waals surface area contributed by atoms with Gasteiger partial charge >= 0.3 is 17.9 Å². The van der Waals surface area contributed by atoms with E-state index in [1.54, 1.807) is 0 Å². The van der Waals surface area contributed by atoms with Gasteiger partial charge in [-0.3, -0.25) is 9.59 Å². The van der Waals surface area contributed by atoms with Crippen molar-refractivity contribution in [3.63, 3.8) is 0 Å². The van der Waals surface area contributed by atoms with Crippen molar-refractivity contribution < 1.29 is 38.2 Å². The number of nitrogens with zero attached hydrogens (tertiary/aromatic N) is 1. The number of esters is 2. The summed E-state index contributed by atoms with van der Waals surface area (Å²) in [5, 5.41) is 9.64. The van der Waals surface area contributed by atoms with Crippen LogP contribution in [0.5, 0.6) is 0 Å². The maximum atomic E-state index is 12.8. The minimum absolute atomic E-state index is 0.0244. The molecule has 8 heteroatoms. The summed E-state index contributed by atoms with van der Waals surface area (Å²) in [5.74, 6) is -1.58. The molecule has 354 valence electrons. The average Bonchev–Trinajstić information content (AvgIpc) is 3.24. The van der Waals surface area contributed by atoms with Gasteiger partial charge in [-0.1, -0.05) is 161 Å². The van der Waals surface area contributed by atoms with Crippen LogP contribution >= 0.6 is 0 Å². The normalized spacial score (nSPS) is 14.0. The van der Waals surface area contributed by atoms with E-state index >= 15 is 0 Å². The fourth-order valence-electron chi connectivity index (χ4n) is 6.21. The van der Waals surface area contributed by atoms with Gasteiger partial charge in [-0.2, -0.15) is 0 Å². The third kappa shape index (κ3) is 42.8. The number of hydrogen-bond donors (Lipinski definition) is 1. The van der Waals surface area contributed by atoms with Crippen LogP contribution in [0, 0.1) is 0 Å². The molecular weight excluding hydrogens is 787 g/mol. The van der Waals surface area contributed by atoms with Gasteiger partial charge in [0.1, 0.15) is 6.61 Å². The number of quaternary nitrogens is 1. The van der Waals surface area contributed by atoms with Gasteiger partial charge in [0.05, 0.1) is 34.4 Å². The van der Waals surface area contributed by atoms with Gasteiger partial charge in [-0.15, -0.1) is 0 Å². The van der Waals surface area contributed by atoms with E-state index in [9.17, 15) is 19.5 Å². The number of carbonyl (C=O) groups excluding carboxylic acids is 2. The van der Waals surface area contributed by atoms with Crippen molar-refractivity contribution in [2.24, 2.45) is 0 Å². The lowest BCUT2D eigenvalue weighted by Crippen LogP contribution is -2.50. The summed E-state index contributed by atoms with van der Waals surface area (Å²) in [6.07, 6.45) is 62.5. The fraction of sp³-hybridized carbons (Fsp3) is 0.582. The molecule has 0 aliphatic rings. The molecule has 0 saturated heterocycles. The van der Waals surface area contributed by atoms with Gasteiger partial charge < -0.3 is 23.8 Å². The SMILES string of the molecule is CC/C=C/C/C=C/C/C=C/C/C=C/C/C=C/C/C=C/CCCC(=O)OC(COCCC(C(=O)O)[N+](C)(C)C)COC(=O)CCCCCCCC/C=C/C/C=C/C/C=C/C/C=C/CC. The number of hydrogen-bond acceptors (Lipinski definition) is 6. The van der Waals surface area contributed by atoms with Gasteiger partial charge in [-0.25, -0.2) is 4.79 Å². The number of carboxylic acids is 1. The van der Waals surface area contributed by atoms with Gasteiger partial charge in [-0.05, 0) is 96.3 Å². The van der Waals surface area contributed by atoms with Gasteiger partial charge in [0.25, 0.3) is 0 Å². The van der Waals surface area contributed by atoms with Crippen LogP contribution in [-0.2, 0) is 28.6 Å². The minimum atomic E-state index is -0.892. The monoisotopic (exact) mass is 875 g/mol. The number of carbonyl (C=O) groups is 3. The molecule has 0 aromatic rings. The number of carboxylic acid groups (broad SMARTS) is 1. The topological polar surface area (TPSA) is 99.1 Å². The molecule has 1 N–H and O–H groups in total. The highest BCUT2D eigenvalue weighted by Crippen LogP contribution is 2.12. The van der Waals surface area contributed by atoms with Crippen molar-refractivity contribution >= 4 is 17.9 Å². The Labute approximate surface area is 384 Å².